The van der Waals surface area contributed by atoms with E-state index in [0.717, 1.165) is 0 Å². The van der Waals surface area contributed by atoms with Crippen LogP contribution in [0.15, 0.2) is 0 Å². The molecule has 0 saturated heterocycles. The Labute approximate surface area is 69.5 Å². The number of rotatable bonds is 0. The molecular formula is C2H5BrNNaO. The van der Waals surface area contributed by atoms with Crippen molar-refractivity contribution in [3.05, 3.63) is 0 Å². The van der Waals surface area contributed by atoms with E-state index in [4.69, 9.17) is 0 Å². The molecule has 0 aliphatic rings. The number of amides is 1. The van der Waals surface area contributed by atoms with Crippen LogP contribution in [-0.2, 0) is 4.79 Å². The van der Waals surface area contributed by atoms with Crippen molar-refractivity contribution in [1.29, 1.82) is 0 Å². The average molecular weight is 162 g/mol. The van der Waals surface area contributed by atoms with Gasteiger partial charge in [0.15, 0.2) is 0 Å². The van der Waals surface area contributed by atoms with E-state index in [1.807, 2.05) is 0 Å². The number of nitrogens with two attached hydrogens (primary N) is 1. The van der Waals surface area contributed by atoms with Crippen LogP contribution in [0.3, 0.4) is 0 Å². The normalized spacial score (nSPS) is 4.17. The molecule has 0 aromatic rings. The van der Waals surface area contributed by atoms with Gasteiger partial charge in [0.1, 0.15) is 0 Å². The molecule has 0 bridgehead atoms. The second-order valence-electron chi connectivity index (χ2n) is 0.611. The molecule has 0 aliphatic heterocycles. The van der Waals surface area contributed by atoms with Gasteiger partial charge in [-0.2, -0.15) is 0 Å². The number of hydrogen-bond acceptors (Lipinski definition) is 1. The topological polar surface area (TPSA) is 43.1 Å². The van der Waals surface area contributed by atoms with E-state index in [-0.39, 0.29) is 52.4 Å². The first kappa shape index (κ1) is 15.8. The molecule has 0 atom stereocenters. The SMILES string of the molecule is CC(N)=O.[Br-].[Na+]. The van der Waals surface area contributed by atoms with Crippen LogP contribution in [0.4, 0.5) is 0 Å². The third kappa shape index (κ3) is 85.6. The second-order valence-corrected chi connectivity index (χ2v) is 0.611. The zero-order valence-electron chi connectivity index (χ0n) is 3.86. The van der Waals surface area contributed by atoms with Crippen LogP contribution < -0.4 is 52.3 Å². The number of halogens is 1. The second kappa shape index (κ2) is 9.34. The van der Waals surface area contributed by atoms with Crippen molar-refractivity contribution in [2.45, 2.75) is 6.92 Å². The fraction of sp³-hybridized carbons (Fsp3) is 0.500. The summed E-state index contributed by atoms with van der Waals surface area (Å²) in [6.07, 6.45) is 0. The molecule has 2 nitrogen and oxygen atoms in total. The molecule has 4 heteroatoms. The molecule has 0 fully saturated rings. The summed E-state index contributed by atoms with van der Waals surface area (Å²) in [4.78, 5) is 9.22. The van der Waals surface area contributed by atoms with Crippen LogP contribution in [0.1, 0.15) is 6.92 Å². The van der Waals surface area contributed by atoms with Crippen LogP contribution >= 0.6 is 0 Å². The van der Waals surface area contributed by atoms with E-state index < -0.39 is 0 Å². The first-order valence-electron chi connectivity index (χ1n) is 0.993. The van der Waals surface area contributed by atoms with E-state index in [0.29, 0.717) is 0 Å². The third-order valence-electron chi connectivity index (χ3n) is 0. The fourth-order valence-electron chi connectivity index (χ4n) is 0. The molecule has 0 spiro atoms. The number of carbonyl (C=O) groups excluding carboxylic acids is 1. The minimum absolute atomic E-state index is 0. The van der Waals surface area contributed by atoms with E-state index in [2.05, 4.69) is 5.73 Å². The minimum Gasteiger partial charge on any atom is -1.00 e. The zero-order chi connectivity index (χ0) is 3.58. The summed E-state index contributed by atoms with van der Waals surface area (Å²) in [5.41, 5.74) is 4.47. The van der Waals surface area contributed by atoms with Crippen molar-refractivity contribution >= 4 is 5.91 Å². The first-order chi connectivity index (χ1) is 1.73. The van der Waals surface area contributed by atoms with Gasteiger partial charge in [-0.05, 0) is 0 Å². The Morgan fingerprint density at radius 1 is 1.67 bits per heavy atom. The van der Waals surface area contributed by atoms with Crippen LogP contribution in [0.25, 0.3) is 0 Å². The molecule has 2 N–H and O–H groups in total. The molecule has 0 radical (unpaired) electrons. The van der Waals surface area contributed by atoms with Crippen molar-refractivity contribution < 1.29 is 51.3 Å². The average Bonchev–Trinajstić information content (AvgIpc) is 0.811. The van der Waals surface area contributed by atoms with E-state index >= 15 is 0 Å². The van der Waals surface area contributed by atoms with Gasteiger partial charge in [0.2, 0.25) is 5.91 Å². The van der Waals surface area contributed by atoms with Gasteiger partial charge in [0.25, 0.3) is 0 Å². The summed E-state index contributed by atoms with van der Waals surface area (Å²) in [7, 11) is 0. The summed E-state index contributed by atoms with van der Waals surface area (Å²) in [5, 5.41) is 0. The van der Waals surface area contributed by atoms with Crippen molar-refractivity contribution in [3.63, 3.8) is 0 Å². The molecule has 0 saturated carbocycles. The summed E-state index contributed by atoms with van der Waals surface area (Å²) < 4.78 is 0. The zero-order valence-corrected chi connectivity index (χ0v) is 7.45. The predicted molar refractivity (Wildman–Crippen MR) is 14.9 cm³/mol. The first-order valence-corrected chi connectivity index (χ1v) is 0.993. The van der Waals surface area contributed by atoms with E-state index in [1.165, 1.54) is 6.92 Å². The minimum atomic E-state index is -0.333. The Morgan fingerprint density at radius 2 is 1.67 bits per heavy atom. The Bertz CT molecular complexity index is 36.5. The summed E-state index contributed by atoms with van der Waals surface area (Å²) in [6.45, 7) is 1.31. The van der Waals surface area contributed by atoms with Crippen LogP contribution in [0.5, 0.6) is 0 Å². The fourth-order valence-corrected chi connectivity index (χ4v) is 0. The van der Waals surface area contributed by atoms with Crippen LogP contribution in [0, 0.1) is 0 Å². The molecule has 0 aromatic carbocycles. The maximum Gasteiger partial charge on any atom is 1.00 e. The number of carbonyl (C=O) groups is 1. The van der Waals surface area contributed by atoms with Gasteiger partial charge in [-0.1, -0.05) is 0 Å². The number of hydrogen-bond donors (Lipinski definition) is 1. The Kier molecular flexibility index (Phi) is 24.6. The van der Waals surface area contributed by atoms with Crippen molar-refractivity contribution in [3.8, 4) is 0 Å². The van der Waals surface area contributed by atoms with Gasteiger partial charge in [-0.15, -0.1) is 0 Å². The van der Waals surface area contributed by atoms with Gasteiger partial charge in [-0.25, -0.2) is 0 Å². The standard InChI is InChI=1S/C2H5NO.BrH.Na/c1-2(3)4;;/h1H3,(H2,3,4);1H;/q;;+1/p-1. The van der Waals surface area contributed by atoms with Crippen LogP contribution in [0.2, 0.25) is 0 Å². The molecule has 1 amide bonds. The Morgan fingerprint density at radius 3 is 1.67 bits per heavy atom. The van der Waals surface area contributed by atoms with Gasteiger partial charge in [0.05, 0.1) is 0 Å². The molecule has 0 rings (SSSR count). The monoisotopic (exact) mass is 161 g/mol. The summed E-state index contributed by atoms with van der Waals surface area (Å²) >= 11 is 0. The molecule has 0 aromatic heterocycles. The molecule has 0 unspecified atom stereocenters. The summed E-state index contributed by atoms with van der Waals surface area (Å²) in [6, 6.07) is 0. The maximum absolute atomic E-state index is 9.22. The molecule has 6 heavy (non-hydrogen) atoms. The smallest absolute Gasteiger partial charge is 1.00 e. The van der Waals surface area contributed by atoms with E-state index in [1.54, 1.807) is 0 Å². The number of primary amides is 1. The Hall–Kier alpha value is 0.950. The maximum atomic E-state index is 9.22. The summed E-state index contributed by atoms with van der Waals surface area (Å²) in [5.74, 6) is -0.333. The van der Waals surface area contributed by atoms with E-state index in [9.17, 15) is 4.79 Å². The van der Waals surface area contributed by atoms with Gasteiger partial charge in [0, 0.05) is 6.92 Å². The molecule has 32 valence electrons. The van der Waals surface area contributed by atoms with Crippen molar-refractivity contribution in [1.82, 2.24) is 0 Å². The molecule has 0 heterocycles. The Balaban J connectivity index is -0.0000000450. The predicted octanol–water partition coefficient (Wildman–Crippen LogP) is -6.50. The van der Waals surface area contributed by atoms with Crippen molar-refractivity contribution in [2.24, 2.45) is 5.73 Å². The quantitative estimate of drug-likeness (QED) is 0.353. The van der Waals surface area contributed by atoms with Crippen molar-refractivity contribution in [2.75, 3.05) is 0 Å². The van der Waals surface area contributed by atoms with Crippen LogP contribution in [-0.4, -0.2) is 5.91 Å². The molecule has 0 aliphatic carbocycles. The van der Waals surface area contributed by atoms with Gasteiger partial charge < -0.3 is 22.7 Å². The van der Waals surface area contributed by atoms with Gasteiger partial charge in [-0.3, -0.25) is 4.79 Å². The third-order valence-corrected chi connectivity index (χ3v) is 0. The van der Waals surface area contributed by atoms with Gasteiger partial charge >= 0.3 is 29.6 Å². The molecular weight excluding hydrogens is 157 g/mol. The largest absolute Gasteiger partial charge is 1.00 e.